The number of hydrogen-bond acceptors (Lipinski definition) is 3. The summed E-state index contributed by atoms with van der Waals surface area (Å²) in [6.07, 6.45) is 2.97. The van der Waals surface area contributed by atoms with E-state index in [1.54, 1.807) is 6.07 Å². The van der Waals surface area contributed by atoms with Crippen molar-refractivity contribution in [2.45, 2.75) is 25.3 Å². The Morgan fingerprint density at radius 3 is 2.67 bits per heavy atom. The molecule has 0 spiro atoms. The summed E-state index contributed by atoms with van der Waals surface area (Å²) in [5.74, 6) is 1.25. The Kier molecular flexibility index (Phi) is 2.92. The van der Waals surface area contributed by atoms with Crippen LogP contribution in [0.5, 0.6) is 0 Å². The van der Waals surface area contributed by atoms with Crippen LogP contribution in [0, 0.1) is 0 Å². The first-order chi connectivity index (χ1) is 8.63. The Balaban J connectivity index is 2.07. The molecule has 0 amide bonds. The molecule has 0 bridgehead atoms. The van der Waals surface area contributed by atoms with E-state index in [-0.39, 0.29) is 6.04 Å². The molecule has 0 aliphatic carbocycles. The molecule has 2 N–H and O–H groups in total. The van der Waals surface area contributed by atoms with E-state index in [1.165, 1.54) is 0 Å². The van der Waals surface area contributed by atoms with Gasteiger partial charge in [-0.3, -0.25) is 0 Å². The maximum atomic E-state index is 6.05. The summed E-state index contributed by atoms with van der Waals surface area (Å²) in [5.41, 5.74) is 6.72. The summed E-state index contributed by atoms with van der Waals surface area (Å²) >= 11 is 12.1. The van der Waals surface area contributed by atoms with Crippen LogP contribution in [0.15, 0.2) is 18.2 Å². The lowest BCUT2D eigenvalue weighted by molar-refractivity contribution is 0.413. The van der Waals surface area contributed by atoms with E-state index >= 15 is 0 Å². The molecule has 6 heteroatoms. The molecule has 2 heterocycles. The Morgan fingerprint density at radius 2 is 1.94 bits per heavy atom. The van der Waals surface area contributed by atoms with E-state index in [9.17, 15) is 0 Å². The van der Waals surface area contributed by atoms with Gasteiger partial charge >= 0.3 is 0 Å². The zero-order chi connectivity index (χ0) is 12.7. The molecule has 0 saturated heterocycles. The highest BCUT2D eigenvalue weighted by atomic mass is 35.5. The first-order valence-electron chi connectivity index (χ1n) is 5.80. The third kappa shape index (κ3) is 2.06. The molecule has 1 atom stereocenters. The number of anilines is 1. The SMILES string of the molecule is Nc1nc2n(n1)C(c1cc(Cl)cc(Cl)c1)CCC2. The second-order valence-electron chi connectivity index (χ2n) is 4.44. The van der Waals surface area contributed by atoms with Crippen molar-refractivity contribution in [1.82, 2.24) is 14.8 Å². The molecular weight excluding hydrogens is 271 g/mol. The maximum Gasteiger partial charge on any atom is 0.239 e. The van der Waals surface area contributed by atoms with E-state index < -0.39 is 0 Å². The molecule has 94 valence electrons. The van der Waals surface area contributed by atoms with Gasteiger partial charge in [-0.2, -0.15) is 4.98 Å². The van der Waals surface area contributed by atoms with Crippen LogP contribution in [0.3, 0.4) is 0 Å². The van der Waals surface area contributed by atoms with Crippen LogP contribution in [0.4, 0.5) is 5.95 Å². The Hall–Kier alpha value is -1.26. The first-order valence-corrected chi connectivity index (χ1v) is 6.56. The molecule has 0 saturated carbocycles. The second-order valence-corrected chi connectivity index (χ2v) is 5.31. The van der Waals surface area contributed by atoms with Gasteiger partial charge in [0.15, 0.2) is 0 Å². The van der Waals surface area contributed by atoms with Crippen LogP contribution in [-0.2, 0) is 6.42 Å². The van der Waals surface area contributed by atoms with Crippen molar-refractivity contribution in [3.8, 4) is 0 Å². The minimum Gasteiger partial charge on any atom is -0.366 e. The summed E-state index contributed by atoms with van der Waals surface area (Å²) < 4.78 is 1.89. The topological polar surface area (TPSA) is 56.7 Å². The zero-order valence-electron chi connectivity index (χ0n) is 9.61. The number of aryl methyl sites for hydroxylation is 1. The zero-order valence-corrected chi connectivity index (χ0v) is 11.1. The first kappa shape index (κ1) is 11.8. The summed E-state index contributed by atoms with van der Waals surface area (Å²) in [6, 6.07) is 5.69. The second kappa shape index (κ2) is 4.44. The minimum atomic E-state index is 0.120. The summed E-state index contributed by atoms with van der Waals surface area (Å²) in [5, 5.41) is 5.54. The van der Waals surface area contributed by atoms with Crippen LogP contribution in [0.2, 0.25) is 10.0 Å². The van der Waals surface area contributed by atoms with Gasteiger partial charge in [0.2, 0.25) is 5.95 Å². The van der Waals surface area contributed by atoms with Gasteiger partial charge in [-0.1, -0.05) is 23.2 Å². The molecule has 3 rings (SSSR count). The third-order valence-corrected chi connectivity index (χ3v) is 3.60. The monoisotopic (exact) mass is 282 g/mol. The molecule has 0 radical (unpaired) electrons. The quantitative estimate of drug-likeness (QED) is 0.875. The Bertz CT molecular complexity index is 574. The van der Waals surface area contributed by atoms with Crippen molar-refractivity contribution in [2.75, 3.05) is 5.73 Å². The summed E-state index contributed by atoms with van der Waals surface area (Å²) in [7, 11) is 0. The number of rotatable bonds is 1. The number of hydrogen-bond donors (Lipinski definition) is 1. The van der Waals surface area contributed by atoms with Crippen LogP contribution >= 0.6 is 23.2 Å². The lowest BCUT2D eigenvalue weighted by Crippen LogP contribution is -2.20. The van der Waals surface area contributed by atoms with Gasteiger partial charge in [0, 0.05) is 16.5 Å². The molecule has 1 aromatic heterocycles. The van der Waals surface area contributed by atoms with Gasteiger partial charge in [0.25, 0.3) is 0 Å². The Morgan fingerprint density at radius 1 is 1.22 bits per heavy atom. The van der Waals surface area contributed by atoms with E-state index in [4.69, 9.17) is 28.9 Å². The van der Waals surface area contributed by atoms with Gasteiger partial charge in [0.1, 0.15) is 5.82 Å². The van der Waals surface area contributed by atoms with Gasteiger partial charge < -0.3 is 5.73 Å². The fourth-order valence-corrected chi connectivity index (χ4v) is 2.99. The number of aromatic nitrogens is 3. The van der Waals surface area contributed by atoms with Crippen LogP contribution < -0.4 is 5.73 Å². The van der Waals surface area contributed by atoms with Gasteiger partial charge in [-0.15, -0.1) is 5.10 Å². The van der Waals surface area contributed by atoms with Crippen molar-refractivity contribution in [3.05, 3.63) is 39.6 Å². The highest BCUT2D eigenvalue weighted by molar-refractivity contribution is 6.34. The Labute approximate surface area is 115 Å². The highest BCUT2D eigenvalue weighted by Gasteiger charge is 2.24. The smallest absolute Gasteiger partial charge is 0.239 e. The maximum absolute atomic E-state index is 6.05. The van der Waals surface area contributed by atoms with Crippen molar-refractivity contribution in [2.24, 2.45) is 0 Å². The number of nitrogens with zero attached hydrogens (tertiary/aromatic N) is 3. The van der Waals surface area contributed by atoms with E-state index in [1.807, 2.05) is 16.8 Å². The molecule has 1 unspecified atom stereocenters. The minimum absolute atomic E-state index is 0.120. The molecule has 2 aromatic rings. The van der Waals surface area contributed by atoms with Crippen molar-refractivity contribution >= 4 is 29.2 Å². The van der Waals surface area contributed by atoms with Gasteiger partial charge in [-0.25, -0.2) is 4.68 Å². The van der Waals surface area contributed by atoms with E-state index in [0.717, 1.165) is 30.7 Å². The van der Waals surface area contributed by atoms with E-state index in [2.05, 4.69) is 10.1 Å². The van der Waals surface area contributed by atoms with Crippen LogP contribution in [0.25, 0.3) is 0 Å². The number of fused-ring (bicyclic) bond motifs is 1. The predicted molar refractivity (Wildman–Crippen MR) is 72.0 cm³/mol. The lowest BCUT2D eigenvalue weighted by atomic mass is 9.98. The third-order valence-electron chi connectivity index (χ3n) is 3.16. The number of benzene rings is 1. The van der Waals surface area contributed by atoms with E-state index in [0.29, 0.717) is 16.0 Å². The summed E-state index contributed by atoms with van der Waals surface area (Å²) in [4.78, 5) is 4.24. The molecular formula is C12H12Cl2N4. The number of nitrogen functional groups attached to an aromatic ring is 1. The van der Waals surface area contributed by atoms with Gasteiger partial charge in [-0.05, 0) is 36.6 Å². The normalized spacial score (nSPS) is 18.7. The fraction of sp³-hybridized carbons (Fsp3) is 0.333. The fourth-order valence-electron chi connectivity index (χ4n) is 2.45. The summed E-state index contributed by atoms with van der Waals surface area (Å²) in [6.45, 7) is 0. The molecule has 18 heavy (non-hydrogen) atoms. The molecule has 1 aliphatic heterocycles. The average molecular weight is 283 g/mol. The van der Waals surface area contributed by atoms with Gasteiger partial charge in [0.05, 0.1) is 6.04 Å². The standard InChI is InChI=1S/C12H12Cl2N4/c13-8-4-7(5-9(14)6-8)10-2-1-3-11-16-12(15)17-18(10)11/h4-6,10H,1-3H2,(H2,15,17). The number of nitrogens with two attached hydrogens (primary N) is 1. The van der Waals surface area contributed by atoms with Crippen molar-refractivity contribution < 1.29 is 0 Å². The predicted octanol–water partition coefficient (Wildman–Crippen LogP) is 3.09. The largest absolute Gasteiger partial charge is 0.366 e. The highest BCUT2D eigenvalue weighted by Crippen LogP contribution is 2.32. The average Bonchev–Trinajstić information content (AvgIpc) is 2.67. The lowest BCUT2D eigenvalue weighted by Gasteiger charge is -2.24. The molecule has 0 fully saturated rings. The number of halogens is 2. The van der Waals surface area contributed by atoms with Crippen molar-refractivity contribution in [3.63, 3.8) is 0 Å². The molecule has 4 nitrogen and oxygen atoms in total. The molecule has 1 aliphatic rings. The van der Waals surface area contributed by atoms with Crippen LogP contribution in [0.1, 0.15) is 30.3 Å². The van der Waals surface area contributed by atoms with Crippen LogP contribution in [-0.4, -0.2) is 14.8 Å². The van der Waals surface area contributed by atoms with Crippen molar-refractivity contribution in [1.29, 1.82) is 0 Å². The molecule has 1 aromatic carbocycles.